The highest BCUT2D eigenvalue weighted by molar-refractivity contribution is 9.10. The number of thioether (sulfide) groups is 1. The average molecular weight is 602 g/mol. The molecule has 1 N–H and O–H groups in total. The van der Waals surface area contributed by atoms with Crippen molar-refractivity contribution in [2.45, 2.75) is 25.3 Å². The molecule has 190 valence electrons. The Balaban J connectivity index is 1.49. The van der Waals surface area contributed by atoms with Gasteiger partial charge in [0.25, 0.3) is 11.1 Å². The number of rotatable bonds is 7. The van der Waals surface area contributed by atoms with Crippen molar-refractivity contribution in [2.75, 3.05) is 5.32 Å². The van der Waals surface area contributed by atoms with Crippen LogP contribution in [0.1, 0.15) is 23.6 Å². The number of hydrogen-bond acceptors (Lipinski definition) is 7. The molecule has 3 amide bonds. The monoisotopic (exact) mass is 600 g/mol. The summed E-state index contributed by atoms with van der Waals surface area (Å²) >= 11 is 4.17. The second kappa shape index (κ2) is 10.9. The summed E-state index contributed by atoms with van der Waals surface area (Å²) in [5.74, 6) is -0.609. The number of hydrogen-bond donors (Lipinski definition) is 1. The molecule has 0 bridgehead atoms. The molecular weight excluding hydrogens is 580 g/mol. The molecule has 1 fully saturated rings. The Kier molecular flexibility index (Phi) is 7.86. The van der Waals surface area contributed by atoms with E-state index >= 15 is 0 Å². The topological polar surface area (TPSA) is 110 Å². The Morgan fingerprint density at radius 3 is 2.43 bits per heavy atom. The normalized spacial score (nSPS) is 14.8. The van der Waals surface area contributed by atoms with E-state index in [1.54, 1.807) is 18.2 Å². The highest BCUT2D eigenvalue weighted by Gasteiger charge is 2.35. The van der Waals surface area contributed by atoms with Gasteiger partial charge in [0.05, 0.1) is 15.9 Å². The van der Waals surface area contributed by atoms with E-state index in [4.69, 9.17) is 4.18 Å². The number of benzene rings is 3. The van der Waals surface area contributed by atoms with Crippen molar-refractivity contribution in [1.29, 1.82) is 0 Å². The van der Waals surface area contributed by atoms with Crippen molar-refractivity contribution in [3.63, 3.8) is 0 Å². The van der Waals surface area contributed by atoms with Gasteiger partial charge >= 0.3 is 10.1 Å². The number of anilines is 1. The van der Waals surface area contributed by atoms with Crippen LogP contribution in [0, 0.1) is 6.92 Å². The zero-order chi connectivity index (χ0) is 26.7. The van der Waals surface area contributed by atoms with E-state index < -0.39 is 10.1 Å². The summed E-state index contributed by atoms with van der Waals surface area (Å²) < 4.78 is 31.0. The van der Waals surface area contributed by atoms with Gasteiger partial charge in [-0.25, -0.2) is 0 Å². The van der Waals surface area contributed by atoms with Crippen molar-refractivity contribution in [2.24, 2.45) is 0 Å². The van der Waals surface area contributed by atoms with Gasteiger partial charge in [-0.3, -0.25) is 19.3 Å². The molecule has 37 heavy (non-hydrogen) atoms. The van der Waals surface area contributed by atoms with Crippen LogP contribution in [-0.2, 0) is 26.3 Å². The molecule has 11 heteroatoms. The molecule has 0 aliphatic carbocycles. The molecule has 3 aromatic carbocycles. The van der Waals surface area contributed by atoms with Crippen molar-refractivity contribution in [1.82, 2.24) is 4.90 Å². The van der Waals surface area contributed by atoms with Crippen LogP contribution in [-0.4, -0.2) is 30.4 Å². The second-order valence-corrected chi connectivity index (χ2v) is 11.5. The number of carbonyl (C=O) groups is 3. The van der Waals surface area contributed by atoms with Gasteiger partial charge in [0.1, 0.15) is 4.90 Å². The SMILES string of the molecule is CC(=O)Nc1ccc(S(=O)(=O)Oc2ccc(/C=C3\SC(=O)N(Cc4ccccc4C)C3=O)cc2Br)cc1. The van der Waals surface area contributed by atoms with Crippen molar-refractivity contribution >= 4 is 66.6 Å². The molecule has 0 unspecified atom stereocenters. The van der Waals surface area contributed by atoms with Gasteiger partial charge in [0.15, 0.2) is 5.75 Å². The minimum absolute atomic E-state index is 0.0516. The third-order valence-corrected chi connectivity index (χ3v) is 8.16. The molecule has 3 aromatic rings. The smallest absolute Gasteiger partial charge is 0.339 e. The van der Waals surface area contributed by atoms with Crippen molar-refractivity contribution in [3.8, 4) is 5.75 Å². The molecule has 0 saturated carbocycles. The summed E-state index contributed by atoms with van der Waals surface area (Å²) in [5, 5.41) is 2.21. The lowest BCUT2D eigenvalue weighted by Crippen LogP contribution is -2.27. The number of carbonyl (C=O) groups excluding carboxylic acids is 3. The summed E-state index contributed by atoms with van der Waals surface area (Å²) in [7, 11) is -4.14. The molecule has 0 aromatic heterocycles. The first-order valence-corrected chi connectivity index (χ1v) is 14.0. The molecule has 1 heterocycles. The zero-order valence-electron chi connectivity index (χ0n) is 19.7. The van der Waals surface area contributed by atoms with Crippen molar-refractivity contribution in [3.05, 3.63) is 92.8 Å². The van der Waals surface area contributed by atoms with Crippen LogP contribution < -0.4 is 9.50 Å². The molecule has 0 spiro atoms. The van der Waals surface area contributed by atoms with Crippen LogP contribution in [0.2, 0.25) is 0 Å². The summed E-state index contributed by atoms with van der Waals surface area (Å²) in [4.78, 5) is 37.9. The van der Waals surface area contributed by atoms with Crippen LogP contribution in [0.25, 0.3) is 6.08 Å². The Bertz CT molecular complexity index is 1530. The molecule has 1 saturated heterocycles. The van der Waals surface area contributed by atoms with Gasteiger partial charge < -0.3 is 9.50 Å². The largest absolute Gasteiger partial charge is 0.378 e. The number of nitrogens with one attached hydrogen (secondary N) is 1. The van der Waals surface area contributed by atoms with Gasteiger partial charge in [-0.05, 0) is 93.8 Å². The van der Waals surface area contributed by atoms with Crippen LogP contribution in [0.3, 0.4) is 0 Å². The Morgan fingerprint density at radius 1 is 1.08 bits per heavy atom. The maximum absolute atomic E-state index is 12.9. The fourth-order valence-corrected chi connectivity index (χ4v) is 5.86. The first kappa shape index (κ1) is 26.6. The van der Waals surface area contributed by atoms with Gasteiger partial charge in [-0.15, -0.1) is 0 Å². The highest BCUT2D eigenvalue weighted by Crippen LogP contribution is 2.35. The minimum Gasteiger partial charge on any atom is -0.378 e. The summed E-state index contributed by atoms with van der Waals surface area (Å²) in [6.07, 6.45) is 1.58. The predicted molar refractivity (Wildman–Crippen MR) is 145 cm³/mol. The van der Waals surface area contributed by atoms with E-state index in [-0.39, 0.29) is 39.1 Å². The van der Waals surface area contributed by atoms with Crippen LogP contribution >= 0.6 is 27.7 Å². The van der Waals surface area contributed by atoms with E-state index in [0.29, 0.717) is 15.7 Å². The van der Waals surface area contributed by atoms with E-state index in [1.165, 1.54) is 42.2 Å². The summed E-state index contributed by atoms with van der Waals surface area (Å²) in [6, 6.07) is 17.8. The number of imide groups is 1. The van der Waals surface area contributed by atoms with Crippen molar-refractivity contribution < 1.29 is 27.0 Å². The first-order valence-electron chi connectivity index (χ1n) is 10.9. The quantitative estimate of drug-likeness (QED) is 0.273. The fraction of sp³-hybridized carbons (Fsp3) is 0.115. The third-order valence-electron chi connectivity index (χ3n) is 5.38. The molecule has 1 aliphatic rings. The second-order valence-electron chi connectivity index (χ2n) is 8.13. The molecule has 1 aliphatic heterocycles. The maximum atomic E-state index is 12.9. The zero-order valence-corrected chi connectivity index (χ0v) is 22.9. The van der Waals surface area contributed by atoms with E-state index in [0.717, 1.165) is 22.9 Å². The molecule has 8 nitrogen and oxygen atoms in total. The van der Waals surface area contributed by atoms with E-state index in [9.17, 15) is 22.8 Å². The summed E-state index contributed by atoms with van der Waals surface area (Å²) in [6.45, 7) is 3.47. The fourth-order valence-electron chi connectivity index (χ4n) is 3.49. The lowest BCUT2D eigenvalue weighted by atomic mass is 10.1. The molecule has 0 radical (unpaired) electrons. The number of amides is 3. The Morgan fingerprint density at radius 2 is 1.78 bits per heavy atom. The number of aryl methyl sites for hydroxylation is 1. The molecule has 0 atom stereocenters. The Labute approximate surface area is 227 Å². The third kappa shape index (κ3) is 6.30. The van der Waals surface area contributed by atoms with Gasteiger partial charge in [0, 0.05) is 12.6 Å². The maximum Gasteiger partial charge on any atom is 0.339 e. The van der Waals surface area contributed by atoms with Gasteiger partial charge in [0.2, 0.25) is 5.91 Å². The lowest BCUT2D eigenvalue weighted by Gasteiger charge is -2.14. The van der Waals surface area contributed by atoms with Gasteiger partial charge in [-0.2, -0.15) is 8.42 Å². The van der Waals surface area contributed by atoms with Gasteiger partial charge in [-0.1, -0.05) is 30.3 Å². The van der Waals surface area contributed by atoms with Crippen LogP contribution in [0.4, 0.5) is 10.5 Å². The number of halogens is 1. The van der Waals surface area contributed by atoms with Crippen LogP contribution in [0.5, 0.6) is 5.75 Å². The molecule has 4 rings (SSSR count). The average Bonchev–Trinajstić information content (AvgIpc) is 3.09. The van der Waals surface area contributed by atoms with Crippen LogP contribution in [0.15, 0.2) is 81.0 Å². The highest BCUT2D eigenvalue weighted by atomic mass is 79.9. The van der Waals surface area contributed by atoms with E-state index in [1.807, 2.05) is 31.2 Å². The minimum atomic E-state index is -4.14. The van der Waals surface area contributed by atoms with E-state index in [2.05, 4.69) is 21.2 Å². The molecular formula is C26H21BrN2O6S2. The first-order chi connectivity index (χ1) is 17.5. The lowest BCUT2D eigenvalue weighted by molar-refractivity contribution is -0.123. The standard InChI is InChI=1S/C26H21BrN2O6S2/c1-16-5-3-4-6-19(16)15-29-25(31)24(36-26(29)32)14-18-7-12-23(22(27)13-18)35-37(33,34)21-10-8-20(9-11-21)28-17(2)30/h3-14H,15H2,1-2H3,(H,28,30)/b24-14-. The Hall–Kier alpha value is -3.41. The summed E-state index contributed by atoms with van der Waals surface area (Å²) in [5.41, 5.74) is 2.92. The number of nitrogens with zero attached hydrogens (tertiary/aromatic N) is 1. The predicted octanol–water partition coefficient (Wildman–Crippen LogP) is 5.72.